The number of nitrogens with zero attached hydrogens (tertiary/aromatic N) is 3. The molecule has 7 heteroatoms. The van der Waals surface area contributed by atoms with Crippen molar-refractivity contribution in [3.63, 3.8) is 0 Å². The summed E-state index contributed by atoms with van der Waals surface area (Å²) >= 11 is 5.84. The predicted molar refractivity (Wildman–Crippen MR) is 72.7 cm³/mol. The lowest BCUT2D eigenvalue weighted by Crippen LogP contribution is -2.29. The highest BCUT2D eigenvalue weighted by Gasteiger charge is 2.16. The van der Waals surface area contributed by atoms with Crippen molar-refractivity contribution in [1.29, 1.82) is 0 Å². The molecule has 0 fully saturated rings. The molecule has 0 aliphatic heterocycles. The fourth-order valence-electron chi connectivity index (χ4n) is 1.68. The van der Waals surface area contributed by atoms with Gasteiger partial charge < -0.3 is 15.6 Å². The lowest BCUT2D eigenvalue weighted by Gasteiger charge is -2.13. The number of nitrogens with one attached hydrogen (secondary N) is 1. The van der Waals surface area contributed by atoms with Crippen LogP contribution in [0, 0.1) is 0 Å². The Kier molecular flexibility index (Phi) is 3.71. The Balaban J connectivity index is 2.13. The van der Waals surface area contributed by atoms with Crippen molar-refractivity contribution in [2.45, 2.75) is 13.0 Å². The second kappa shape index (κ2) is 5.27. The minimum Gasteiger partial charge on any atom is -0.384 e. The van der Waals surface area contributed by atoms with Crippen molar-refractivity contribution < 1.29 is 4.79 Å². The fraction of sp³-hybridized carbons (Fsp3) is 0.250. The highest BCUT2D eigenvalue weighted by molar-refractivity contribution is 6.31. The van der Waals surface area contributed by atoms with Gasteiger partial charge >= 0.3 is 0 Å². The van der Waals surface area contributed by atoms with Gasteiger partial charge in [-0.15, -0.1) is 0 Å². The third-order valence-electron chi connectivity index (χ3n) is 2.63. The summed E-state index contributed by atoms with van der Waals surface area (Å²) in [4.78, 5) is 20.2. The molecule has 2 rings (SSSR count). The molecular weight excluding hydrogens is 266 g/mol. The van der Waals surface area contributed by atoms with Crippen LogP contribution in [-0.4, -0.2) is 20.4 Å². The number of nitrogens with two attached hydrogens (primary N) is 1. The van der Waals surface area contributed by atoms with Gasteiger partial charge in [0.2, 0.25) is 0 Å². The Labute approximate surface area is 115 Å². The van der Waals surface area contributed by atoms with Gasteiger partial charge in [0.05, 0.1) is 11.1 Å². The lowest BCUT2D eigenvalue weighted by atomic mass is 10.3. The van der Waals surface area contributed by atoms with Gasteiger partial charge in [-0.1, -0.05) is 11.6 Å². The van der Waals surface area contributed by atoms with Crippen LogP contribution in [-0.2, 0) is 7.05 Å². The molecule has 19 heavy (non-hydrogen) atoms. The van der Waals surface area contributed by atoms with Gasteiger partial charge in [0, 0.05) is 19.4 Å². The van der Waals surface area contributed by atoms with Gasteiger partial charge in [0.1, 0.15) is 11.5 Å². The molecule has 100 valence electrons. The van der Waals surface area contributed by atoms with E-state index in [1.165, 1.54) is 0 Å². The van der Waals surface area contributed by atoms with Gasteiger partial charge in [-0.25, -0.2) is 9.97 Å². The summed E-state index contributed by atoms with van der Waals surface area (Å²) in [6.45, 7) is 1.79. The number of carbonyl (C=O) groups is 1. The van der Waals surface area contributed by atoms with Crippen LogP contribution in [0.4, 0.5) is 5.82 Å². The van der Waals surface area contributed by atoms with Gasteiger partial charge in [-0.3, -0.25) is 4.79 Å². The normalized spacial score (nSPS) is 12.2. The highest BCUT2D eigenvalue weighted by atomic mass is 35.5. The number of nitrogen functional groups attached to an aromatic ring is 1. The van der Waals surface area contributed by atoms with Crippen molar-refractivity contribution in [3.8, 4) is 0 Å². The predicted octanol–water partition coefficient (Wildman–Crippen LogP) is 1.54. The van der Waals surface area contributed by atoms with Crippen molar-refractivity contribution in [1.82, 2.24) is 19.9 Å². The van der Waals surface area contributed by atoms with E-state index in [4.69, 9.17) is 17.3 Å². The smallest absolute Gasteiger partial charge is 0.268 e. The molecule has 2 heterocycles. The van der Waals surface area contributed by atoms with Gasteiger partial charge in [0.25, 0.3) is 5.91 Å². The molecule has 3 N–H and O–H groups in total. The van der Waals surface area contributed by atoms with Crippen LogP contribution in [0.2, 0.25) is 5.02 Å². The number of hydrogen-bond acceptors (Lipinski definition) is 4. The maximum Gasteiger partial charge on any atom is 0.268 e. The fourth-order valence-corrected chi connectivity index (χ4v) is 1.93. The molecule has 0 spiro atoms. The molecule has 0 radical (unpaired) electrons. The quantitative estimate of drug-likeness (QED) is 0.892. The van der Waals surface area contributed by atoms with Crippen molar-refractivity contribution in [3.05, 3.63) is 41.1 Å². The number of aryl methyl sites for hydroxylation is 1. The summed E-state index contributed by atoms with van der Waals surface area (Å²) in [5.74, 6) is 0.592. The largest absolute Gasteiger partial charge is 0.384 e. The van der Waals surface area contributed by atoms with Crippen molar-refractivity contribution in [2.24, 2.45) is 7.05 Å². The van der Waals surface area contributed by atoms with E-state index in [9.17, 15) is 4.79 Å². The number of amides is 1. The molecule has 1 unspecified atom stereocenters. The zero-order valence-electron chi connectivity index (χ0n) is 10.6. The molecular formula is C12H14ClN5O. The minimum absolute atomic E-state index is 0.243. The van der Waals surface area contributed by atoms with E-state index < -0.39 is 0 Å². The molecule has 0 aliphatic carbocycles. The second-order valence-corrected chi connectivity index (χ2v) is 4.63. The molecule has 2 aromatic heterocycles. The van der Waals surface area contributed by atoms with Crippen LogP contribution in [0.5, 0.6) is 0 Å². The number of anilines is 1. The van der Waals surface area contributed by atoms with E-state index in [1.807, 2.05) is 0 Å². The highest BCUT2D eigenvalue weighted by Crippen LogP contribution is 2.14. The molecule has 1 amide bonds. The summed E-state index contributed by atoms with van der Waals surface area (Å²) in [6.07, 6.45) is 3.22. The topological polar surface area (TPSA) is 85.8 Å². The first-order valence-electron chi connectivity index (χ1n) is 5.68. The first-order valence-corrected chi connectivity index (χ1v) is 6.06. The average molecular weight is 280 g/mol. The summed E-state index contributed by atoms with van der Waals surface area (Å²) < 4.78 is 1.66. The van der Waals surface area contributed by atoms with E-state index in [-0.39, 0.29) is 11.9 Å². The van der Waals surface area contributed by atoms with E-state index >= 15 is 0 Å². The Morgan fingerprint density at radius 3 is 2.89 bits per heavy atom. The van der Waals surface area contributed by atoms with E-state index in [0.29, 0.717) is 22.4 Å². The van der Waals surface area contributed by atoms with Crippen molar-refractivity contribution in [2.75, 3.05) is 5.73 Å². The SMILES string of the molecule is CC(NC(=O)c1cc(Cl)cn1C)c1nccc(N)n1. The number of hydrogen-bond donors (Lipinski definition) is 2. The number of rotatable bonds is 3. The Bertz CT molecular complexity index is 610. The van der Waals surface area contributed by atoms with E-state index in [2.05, 4.69) is 15.3 Å². The third kappa shape index (κ3) is 3.03. The molecule has 0 saturated heterocycles. The maximum atomic E-state index is 12.1. The van der Waals surface area contributed by atoms with Gasteiger partial charge in [0.15, 0.2) is 5.82 Å². The van der Waals surface area contributed by atoms with Crippen LogP contribution in [0.1, 0.15) is 29.3 Å². The van der Waals surface area contributed by atoms with Crippen molar-refractivity contribution >= 4 is 23.3 Å². The molecule has 0 saturated carbocycles. The monoisotopic (exact) mass is 279 g/mol. The van der Waals surface area contributed by atoms with Crippen LogP contribution < -0.4 is 11.1 Å². The molecule has 0 aliphatic rings. The molecule has 0 bridgehead atoms. The van der Waals surface area contributed by atoms with Gasteiger partial charge in [-0.05, 0) is 19.1 Å². The van der Waals surface area contributed by atoms with Crippen LogP contribution in [0.15, 0.2) is 24.5 Å². The first-order chi connectivity index (χ1) is 8.97. The Morgan fingerprint density at radius 2 is 2.32 bits per heavy atom. The zero-order chi connectivity index (χ0) is 14.0. The zero-order valence-corrected chi connectivity index (χ0v) is 11.3. The summed E-state index contributed by atoms with van der Waals surface area (Å²) in [7, 11) is 1.75. The van der Waals surface area contributed by atoms with Crippen LogP contribution >= 0.6 is 11.6 Å². The third-order valence-corrected chi connectivity index (χ3v) is 2.84. The lowest BCUT2D eigenvalue weighted by molar-refractivity contribution is 0.0930. The van der Waals surface area contributed by atoms with Crippen LogP contribution in [0.25, 0.3) is 0 Å². The molecule has 0 aromatic carbocycles. The van der Waals surface area contributed by atoms with Gasteiger partial charge in [-0.2, -0.15) is 0 Å². The molecule has 1 atom stereocenters. The maximum absolute atomic E-state index is 12.1. The van der Waals surface area contributed by atoms with E-state index in [0.717, 1.165) is 0 Å². The Morgan fingerprint density at radius 1 is 1.58 bits per heavy atom. The summed E-state index contributed by atoms with van der Waals surface area (Å²) in [6, 6.07) is 2.85. The number of carbonyl (C=O) groups excluding carboxylic acids is 1. The number of halogens is 1. The first kappa shape index (κ1) is 13.4. The van der Waals surface area contributed by atoms with Crippen LogP contribution in [0.3, 0.4) is 0 Å². The molecule has 6 nitrogen and oxygen atoms in total. The summed E-state index contributed by atoms with van der Waals surface area (Å²) in [5, 5.41) is 3.31. The second-order valence-electron chi connectivity index (χ2n) is 4.19. The average Bonchev–Trinajstić information content (AvgIpc) is 2.68. The van der Waals surface area contributed by atoms with E-state index in [1.54, 1.807) is 43.1 Å². The summed E-state index contributed by atoms with van der Waals surface area (Å²) in [5.41, 5.74) is 6.05. The Hall–Kier alpha value is -2.08. The standard InChI is InChI=1S/C12H14ClN5O/c1-7(11-15-4-3-10(14)17-11)16-12(19)9-5-8(13)6-18(9)2/h3-7H,1-2H3,(H,16,19)(H2,14,15,17). The number of aromatic nitrogens is 3. The minimum atomic E-state index is -0.343. The molecule has 2 aromatic rings.